The van der Waals surface area contributed by atoms with Crippen LogP contribution in [0, 0.1) is 0 Å². The van der Waals surface area contributed by atoms with Gasteiger partial charge in [-0.1, -0.05) is 50.8 Å². The van der Waals surface area contributed by atoms with Crippen molar-refractivity contribution in [1.82, 2.24) is 5.32 Å². The van der Waals surface area contributed by atoms with Crippen LogP contribution in [0.2, 0.25) is 0 Å². The van der Waals surface area contributed by atoms with Crippen molar-refractivity contribution in [3.05, 3.63) is 59.7 Å². The Bertz CT molecular complexity index is 828. The van der Waals surface area contributed by atoms with Gasteiger partial charge in [0, 0.05) is 17.3 Å². The molecule has 0 aliphatic heterocycles. The number of carbonyl (C=O) groups is 2. The predicted molar refractivity (Wildman–Crippen MR) is 116 cm³/mol. The molecule has 0 saturated heterocycles. The van der Waals surface area contributed by atoms with Crippen LogP contribution in [0.15, 0.2) is 48.5 Å². The first-order valence-electron chi connectivity index (χ1n) is 10.6. The second kappa shape index (κ2) is 10.6. The smallest absolute Gasteiger partial charge is 0.259 e. The zero-order valence-corrected chi connectivity index (χ0v) is 17.1. The number of ether oxygens (including phenoxy) is 1. The van der Waals surface area contributed by atoms with Crippen LogP contribution in [0.5, 0.6) is 5.75 Å². The fourth-order valence-corrected chi connectivity index (χ4v) is 3.56. The van der Waals surface area contributed by atoms with Gasteiger partial charge in [-0.2, -0.15) is 0 Å². The Morgan fingerprint density at radius 1 is 1.00 bits per heavy atom. The summed E-state index contributed by atoms with van der Waals surface area (Å²) in [5, 5.41) is 6.00. The number of hydrogen-bond donors (Lipinski definition) is 2. The van der Waals surface area contributed by atoms with Crippen molar-refractivity contribution in [3.8, 4) is 5.75 Å². The van der Waals surface area contributed by atoms with Crippen LogP contribution in [0.1, 0.15) is 72.6 Å². The van der Waals surface area contributed by atoms with E-state index in [0.29, 0.717) is 29.2 Å². The molecule has 2 aromatic rings. The highest BCUT2D eigenvalue weighted by Crippen LogP contribution is 2.21. The Morgan fingerprint density at radius 3 is 2.59 bits per heavy atom. The van der Waals surface area contributed by atoms with Crippen LogP contribution in [0.4, 0.5) is 5.69 Å². The van der Waals surface area contributed by atoms with Gasteiger partial charge in [0.15, 0.2) is 0 Å². The molecule has 1 aliphatic rings. The Hall–Kier alpha value is -2.82. The van der Waals surface area contributed by atoms with Crippen molar-refractivity contribution in [2.75, 3.05) is 11.9 Å². The summed E-state index contributed by atoms with van der Waals surface area (Å²) < 4.78 is 5.76. The van der Waals surface area contributed by atoms with E-state index in [1.54, 1.807) is 36.4 Å². The Kier molecular flexibility index (Phi) is 7.68. The van der Waals surface area contributed by atoms with E-state index in [0.717, 1.165) is 25.7 Å². The second-order valence-corrected chi connectivity index (χ2v) is 7.54. The molecule has 5 heteroatoms. The predicted octanol–water partition coefficient (Wildman–Crippen LogP) is 5.18. The lowest BCUT2D eigenvalue weighted by molar-refractivity contribution is 0.0926. The minimum atomic E-state index is -0.248. The molecule has 2 aromatic carbocycles. The first kappa shape index (κ1) is 20.9. The Morgan fingerprint density at radius 2 is 1.79 bits per heavy atom. The molecule has 3 rings (SSSR count). The van der Waals surface area contributed by atoms with Crippen LogP contribution >= 0.6 is 0 Å². The number of nitrogens with one attached hydrogen (secondary N) is 2. The maximum absolute atomic E-state index is 12.8. The van der Waals surface area contributed by atoms with Gasteiger partial charge in [0.25, 0.3) is 11.8 Å². The molecule has 0 spiro atoms. The molecule has 29 heavy (non-hydrogen) atoms. The lowest BCUT2D eigenvalue weighted by Crippen LogP contribution is -2.36. The Balaban J connectivity index is 1.65. The van der Waals surface area contributed by atoms with Gasteiger partial charge in [-0.05, 0) is 49.6 Å². The fourth-order valence-electron chi connectivity index (χ4n) is 3.56. The van der Waals surface area contributed by atoms with Crippen LogP contribution in [0.25, 0.3) is 0 Å². The van der Waals surface area contributed by atoms with Gasteiger partial charge in [0.1, 0.15) is 5.75 Å². The molecule has 1 aliphatic carbocycles. The number of amides is 2. The molecule has 2 N–H and O–H groups in total. The number of unbranched alkanes of at least 4 members (excludes halogenated alkanes) is 1. The van der Waals surface area contributed by atoms with Gasteiger partial charge < -0.3 is 15.4 Å². The Labute approximate surface area is 172 Å². The summed E-state index contributed by atoms with van der Waals surface area (Å²) in [6, 6.07) is 14.5. The van der Waals surface area contributed by atoms with E-state index in [9.17, 15) is 9.59 Å². The number of benzene rings is 2. The quantitative estimate of drug-likeness (QED) is 0.606. The molecule has 2 amide bonds. The average Bonchev–Trinajstić information content (AvgIpc) is 2.75. The molecule has 1 saturated carbocycles. The second-order valence-electron chi connectivity index (χ2n) is 7.54. The summed E-state index contributed by atoms with van der Waals surface area (Å²) in [6.45, 7) is 2.68. The van der Waals surface area contributed by atoms with Gasteiger partial charge in [-0.3, -0.25) is 9.59 Å². The number of rotatable bonds is 8. The number of para-hydroxylation sites is 1. The minimum absolute atomic E-state index is 0.0868. The molecule has 0 radical (unpaired) electrons. The minimum Gasteiger partial charge on any atom is -0.493 e. The third kappa shape index (κ3) is 6.08. The van der Waals surface area contributed by atoms with Gasteiger partial charge in [0.05, 0.1) is 12.2 Å². The zero-order valence-electron chi connectivity index (χ0n) is 17.1. The highest BCUT2D eigenvalue weighted by molar-refractivity contribution is 6.06. The van der Waals surface area contributed by atoms with Crippen LogP contribution in [-0.4, -0.2) is 24.5 Å². The first-order chi connectivity index (χ1) is 14.2. The van der Waals surface area contributed by atoms with Crippen molar-refractivity contribution in [3.63, 3.8) is 0 Å². The molecule has 1 fully saturated rings. The largest absolute Gasteiger partial charge is 0.493 e. The van der Waals surface area contributed by atoms with E-state index in [1.165, 1.54) is 19.3 Å². The van der Waals surface area contributed by atoms with Crippen LogP contribution < -0.4 is 15.4 Å². The topological polar surface area (TPSA) is 67.4 Å². The highest BCUT2D eigenvalue weighted by atomic mass is 16.5. The van der Waals surface area contributed by atoms with Crippen LogP contribution in [0.3, 0.4) is 0 Å². The zero-order chi connectivity index (χ0) is 20.5. The molecular weight excluding hydrogens is 364 g/mol. The van der Waals surface area contributed by atoms with E-state index in [-0.39, 0.29) is 17.9 Å². The lowest BCUT2D eigenvalue weighted by Gasteiger charge is -2.22. The molecule has 0 unspecified atom stereocenters. The van der Waals surface area contributed by atoms with Crippen molar-refractivity contribution < 1.29 is 14.3 Å². The molecular formula is C24H30N2O3. The summed E-state index contributed by atoms with van der Waals surface area (Å²) in [5.41, 5.74) is 1.64. The summed E-state index contributed by atoms with van der Waals surface area (Å²) in [5.74, 6) is 0.239. The van der Waals surface area contributed by atoms with E-state index < -0.39 is 0 Å². The van der Waals surface area contributed by atoms with Gasteiger partial charge >= 0.3 is 0 Å². The first-order valence-corrected chi connectivity index (χ1v) is 10.6. The van der Waals surface area contributed by atoms with Gasteiger partial charge in [0.2, 0.25) is 0 Å². The summed E-state index contributed by atoms with van der Waals surface area (Å²) in [4.78, 5) is 25.4. The molecule has 0 atom stereocenters. The van der Waals surface area contributed by atoms with E-state index >= 15 is 0 Å². The standard InChI is InChI=1S/C24H30N2O3/c1-2-3-16-29-22-15-8-7-14-21(22)24(28)26-20-13-9-10-18(17-20)23(27)25-19-11-5-4-6-12-19/h7-10,13-15,17,19H,2-6,11-12,16H2,1H3,(H,25,27)(H,26,28). The van der Waals surface area contributed by atoms with Gasteiger partial charge in [-0.15, -0.1) is 0 Å². The number of carbonyl (C=O) groups excluding carboxylic acids is 2. The normalized spacial score (nSPS) is 14.2. The van der Waals surface area contributed by atoms with Crippen molar-refractivity contribution >= 4 is 17.5 Å². The number of anilines is 1. The molecule has 0 aromatic heterocycles. The van der Waals surface area contributed by atoms with E-state index in [1.807, 2.05) is 12.1 Å². The SMILES string of the molecule is CCCCOc1ccccc1C(=O)Nc1cccc(C(=O)NC2CCCCC2)c1. The summed E-state index contributed by atoms with van der Waals surface area (Å²) >= 11 is 0. The van der Waals surface area contributed by atoms with Crippen molar-refractivity contribution in [2.24, 2.45) is 0 Å². The van der Waals surface area contributed by atoms with E-state index in [4.69, 9.17) is 4.74 Å². The third-order valence-corrected chi connectivity index (χ3v) is 5.21. The van der Waals surface area contributed by atoms with Crippen molar-refractivity contribution in [2.45, 2.75) is 57.9 Å². The third-order valence-electron chi connectivity index (χ3n) is 5.21. The van der Waals surface area contributed by atoms with E-state index in [2.05, 4.69) is 17.6 Å². The number of hydrogen-bond acceptors (Lipinski definition) is 3. The van der Waals surface area contributed by atoms with Crippen LogP contribution in [-0.2, 0) is 0 Å². The summed E-state index contributed by atoms with van der Waals surface area (Å²) in [6.07, 6.45) is 7.63. The fraction of sp³-hybridized carbons (Fsp3) is 0.417. The molecule has 0 bridgehead atoms. The summed E-state index contributed by atoms with van der Waals surface area (Å²) in [7, 11) is 0. The maximum atomic E-state index is 12.8. The average molecular weight is 395 g/mol. The van der Waals surface area contributed by atoms with Crippen molar-refractivity contribution in [1.29, 1.82) is 0 Å². The molecule has 154 valence electrons. The molecule has 5 nitrogen and oxygen atoms in total. The lowest BCUT2D eigenvalue weighted by atomic mass is 9.95. The van der Waals surface area contributed by atoms with Gasteiger partial charge in [-0.25, -0.2) is 0 Å². The highest BCUT2D eigenvalue weighted by Gasteiger charge is 2.17. The molecule has 0 heterocycles. The maximum Gasteiger partial charge on any atom is 0.259 e. The monoisotopic (exact) mass is 394 g/mol.